The minimum atomic E-state index is 0.0289. The van der Waals surface area contributed by atoms with Gasteiger partial charge in [0, 0.05) is 37.8 Å². The largest absolute Gasteiger partial charge is 0.337 e. The van der Waals surface area contributed by atoms with Crippen molar-refractivity contribution in [1.82, 2.24) is 25.0 Å². The van der Waals surface area contributed by atoms with Crippen molar-refractivity contribution in [2.45, 2.75) is 6.42 Å². The maximum atomic E-state index is 12.9. The van der Waals surface area contributed by atoms with E-state index < -0.39 is 0 Å². The standard InChI is InChI=1S/C21H23N5O/c1-25-10-11-26(21(27)19-7-9-23-24-13-19)15-16(14-25)12-18-5-2-4-17-6-3-8-22-20(17)18/h2-9,13,16H,10-12,14-15H2,1H3/t16-/m1/s1. The number of para-hydroxylation sites is 1. The Morgan fingerprint density at radius 3 is 2.81 bits per heavy atom. The van der Waals surface area contributed by atoms with E-state index >= 15 is 0 Å². The highest BCUT2D eigenvalue weighted by Crippen LogP contribution is 2.22. The van der Waals surface area contributed by atoms with Gasteiger partial charge in [-0.15, -0.1) is 0 Å². The Balaban J connectivity index is 1.57. The van der Waals surface area contributed by atoms with Gasteiger partial charge in [-0.25, -0.2) is 0 Å². The molecule has 3 heterocycles. The zero-order valence-electron chi connectivity index (χ0n) is 15.5. The quantitative estimate of drug-likeness (QED) is 0.716. The maximum Gasteiger partial charge on any atom is 0.255 e. The maximum absolute atomic E-state index is 12.9. The van der Waals surface area contributed by atoms with Crippen LogP contribution in [0.25, 0.3) is 10.9 Å². The van der Waals surface area contributed by atoms with Gasteiger partial charge in [0.1, 0.15) is 0 Å². The van der Waals surface area contributed by atoms with Crippen LogP contribution in [0.2, 0.25) is 0 Å². The summed E-state index contributed by atoms with van der Waals surface area (Å²) in [7, 11) is 2.12. The average Bonchev–Trinajstić information content (AvgIpc) is 2.89. The number of pyridine rings is 1. The van der Waals surface area contributed by atoms with Crippen molar-refractivity contribution in [2.24, 2.45) is 5.92 Å². The fraction of sp³-hybridized carbons (Fsp3) is 0.333. The molecule has 0 bridgehead atoms. The lowest BCUT2D eigenvalue weighted by molar-refractivity contribution is 0.0745. The molecule has 1 atom stereocenters. The van der Waals surface area contributed by atoms with Gasteiger partial charge in [0.15, 0.2) is 0 Å². The van der Waals surface area contributed by atoms with Crippen LogP contribution in [0.5, 0.6) is 0 Å². The molecule has 1 fully saturated rings. The molecule has 2 aromatic heterocycles. The average molecular weight is 361 g/mol. The van der Waals surface area contributed by atoms with Crippen LogP contribution < -0.4 is 0 Å². The Hall–Kier alpha value is -2.86. The molecule has 138 valence electrons. The van der Waals surface area contributed by atoms with Crippen molar-refractivity contribution < 1.29 is 4.79 Å². The number of nitrogens with zero attached hydrogens (tertiary/aromatic N) is 5. The summed E-state index contributed by atoms with van der Waals surface area (Å²) in [5.41, 5.74) is 2.90. The zero-order chi connectivity index (χ0) is 18.6. The van der Waals surface area contributed by atoms with Gasteiger partial charge in [-0.3, -0.25) is 9.78 Å². The van der Waals surface area contributed by atoms with Crippen molar-refractivity contribution in [3.05, 3.63) is 66.1 Å². The van der Waals surface area contributed by atoms with E-state index in [-0.39, 0.29) is 5.91 Å². The summed E-state index contributed by atoms with van der Waals surface area (Å²) in [5.74, 6) is 0.380. The molecule has 3 aromatic rings. The Labute approximate surface area is 158 Å². The summed E-state index contributed by atoms with van der Waals surface area (Å²) in [6.07, 6.45) is 5.85. The van der Waals surface area contributed by atoms with Gasteiger partial charge in [-0.2, -0.15) is 10.2 Å². The highest BCUT2D eigenvalue weighted by Gasteiger charge is 2.25. The summed E-state index contributed by atoms with van der Waals surface area (Å²) in [4.78, 5) is 21.7. The van der Waals surface area contributed by atoms with Gasteiger partial charge in [0.05, 0.1) is 23.5 Å². The van der Waals surface area contributed by atoms with E-state index in [1.54, 1.807) is 18.5 Å². The van der Waals surface area contributed by atoms with E-state index in [1.807, 2.05) is 17.2 Å². The first kappa shape index (κ1) is 17.5. The highest BCUT2D eigenvalue weighted by atomic mass is 16.2. The Kier molecular flexibility index (Phi) is 5.07. The lowest BCUT2D eigenvalue weighted by Gasteiger charge is -2.24. The highest BCUT2D eigenvalue weighted by molar-refractivity contribution is 5.93. The fourth-order valence-electron chi connectivity index (χ4n) is 3.84. The Bertz CT molecular complexity index is 925. The van der Waals surface area contributed by atoms with Crippen molar-refractivity contribution >= 4 is 16.8 Å². The third kappa shape index (κ3) is 3.95. The minimum absolute atomic E-state index is 0.0289. The van der Waals surface area contributed by atoms with Crippen molar-refractivity contribution in [1.29, 1.82) is 0 Å². The lowest BCUT2D eigenvalue weighted by Crippen LogP contribution is -2.36. The number of rotatable bonds is 3. The number of hydrogen-bond donors (Lipinski definition) is 0. The van der Waals surface area contributed by atoms with E-state index in [0.29, 0.717) is 11.5 Å². The SMILES string of the molecule is CN1CCN(C(=O)c2ccnnc2)C[C@H](Cc2cccc3cccnc23)C1. The molecule has 0 aliphatic carbocycles. The molecule has 4 rings (SSSR count). The lowest BCUT2D eigenvalue weighted by atomic mass is 9.96. The number of benzene rings is 1. The molecule has 0 spiro atoms. The molecule has 1 amide bonds. The third-order valence-corrected chi connectivity index (χ3v) is 5.14. The molecular weight excluding hydrogens is 338 g/mol. The second kappa shape index (κ2) is 7.80. The smallest absolute Gasteiger partial charge is 0.255 e. The van der Waals surface area contributed by atoms with Crippen LogP contribution in [0.1, 0.15) is 15.9 Å². The summed E-state index contributed by atoms with van der Waals surface area (Å²) in [6, 6.07) is 12.1. The number of aromatic nitrogens is 3. The third-order valence-electron chi connectivity index (χ3n) is 5.14. The molecule has 6 nitrogen and oxygen atoms in total. The number of carbonyl (C=O) groups is 1. The predicted molar refractivity (Wildman–Crippen MR) is 104 cm³/mol. The monoisotopic (exact) mass is 361 g/mol. The number of amides is 1. The molecule has 0 unspecified atom stereocenters. The normalized spacial score (nSPS) is 18.4. The summed E-state index contributed by atoms with van der Waals surface area (Å²) in [5, 5.41) is 8.77. The molecule has 1 aromatic carbocycles. The van der Waals surface area contributed by atoms with E-state index in [9.17, 15) is 4.79 Å². The Morgan fingerprint density at radius 2 is 1.96 bits per heavy atom. The van der Waals surface area contributed by atoms with Crippen LogP contribution in [0.15, 0.2) is 55.0 Å². The summed E-state index contributed by atoms with van der Waals surface area (Å²) >= 11 is 0. The van der Waals surface area contributed by atoms with Crippen molar-refractivity contribution in [3.8, 4) is 0 Å². The van der Waals surface area contributed by atoms with E-state index in [2.05, 4.69) is 51.4 Å². The number of hydrogen-bond acceptors (Lipinski definition) is 5. The first-order chi connectivity index (χ1) is 13.2. The summed E-state index contributed by atoms with van der Waals surface area (Å²) < 4.78 is 0. The molecule has 1 aliphatic rings. The van der Waals surface area contributed by atoms with E-state index in [4.69, 9.17) is 0 Å². The van der Waals surface area contributed by atoms with Gasteiger partial charge in [-0.05, 0) is 37.1 Å². The van der Waals surface area contributed by atoms with Crippen LogP contribution in [0.3, 0.4) is 0 Å². The fourth-order valence-corrected chi connectivity index (χ4v) is 3.84. The van der Waals surface area contributed by atoms with E-state index in [1.165, 1.54) is 5.56 Å². The minimum Gasteiger partial charge on any atom is -0.337 e. The van der Waals surface area contributed by atoms with Crippen LogP contribution in [-0.2, 0) is 6.42 Å². The molecule has 0 saturated carbocycles. The summed E-state index contributed by atoms with van der Waals surface area (Å²) in [6.45, 7) is 3.28. The van der Waals surface area contributed by atoms with Crippen molar-refractivity contribution in [2.75, 3.05) is 33.2 Å². The molecule has 1 saturated heterocycles. The molecule has 0 N–H and O–H groups in total. The topological polar surface area (TPSA) is 62.2 Å². The first-order valence-electron chi connectivity index (χ1n) is 9.28. The van der Waals surface area contributed by atoms with Gasteiger partial charge in [0.25, 0.3) is 5.91 Å². The Morgan fingerprint density at radius 1 is 1.07 bits per heavy atom. The van der Waals surface area contributed by atoms with Crippen LogP contribution in [0, 0.1) is 5.92 Å². The van der Waals surface area contributed by atoms with E-state index in [0.717, 1.165) is 43.5 Å². The second-order valence-electron chi connectivity index (χ2n) is 7.21. The molecule has 6 heteroatoms. The molecule has 0 radical (unpaired) electrons. The first-order valence-corrected chi connectivity index (χ1v) is 9.28. The van der Waals surface area contributed by atoms with Crippen molar-refractivity contribution in [3.63, 3.8) is 0 Å². The molecule has 1 aliphatic heterocycles. The van der Waals surface area contributed by atoms with Gasteiger partial charge < -0.3 is 9.80 Å². The predicted octanol–water partition coefficient (Wildman–Crippen LogP) is 2.27. The zero-order valence-corrected chi connectivity index (χ0v) is 15.5. The van der Waals surface area contributed by atoms with Crippen LogP contribution in [0.4, 0.5) is 0 Å². The molecule has 27 heavy (non-hydrogen) atoms. The van der Waals surface area contributed by atoms with Crippen LogP contribution >= 0.6 is 0 Å². The van der Waals surface area contributed by atoms with Crippen LogP contribution in [-0.4, -0.2) is 64.1 Å². The molecular formula is C21H23N5O. The number of likely N-dealkylation sites (N-methyl/N-ethyl adjacent to an activating group) is 1. The van der Waals surface area contributed by atoms with Gasteiger partial charge in [0.2, 0.25) is 0 Å². The number of fused-ring (bicyclic) bond motifs is 1. The van der Waals surface area contributed by atoms with Gasteiger partial charge in [-0.1, -0.05) is 24.3 Å². The van der Waals surface area contributed by atoms with Gasteiger partial charge >= 0.3 is 0 Å². The number of carbonyl (C=O) groups excluding carboxylic acids is 1. The second-order valence-corrected chi connectivity index (χ2v) is 7.21.